The number of alkyl halides is 1. The Morgan fingerprint density at radius 1 is 1.27 bits per heavy atom. The number of aromatic nitrogens is 1. The van der Waals surface area contributed by atoms with Crippen LogP contribution in [0.2, 0.25) is 0 Å². The van der Waals surface area contributed by atoms with Crippen molar-refractivity contribution >= 4 is 17.2 Å². The minimum Gasteiger partial charge on any atom is -0.497 e. The van der Waals surface area contributed by atoms with Crippen molar-refractivity contribution in [2.24, 2.45) is 0 Å². The van der Waals surface area contributed by atoms with Gasteiger partial charge in [0.2, 0.25) is 0 Å². The van der Waals surface area contributed by atoms with Gasteiger partial charge in [0.15, 0.2) is 5.78 Å². The van der Waals surface area contributed by atoms with Crippen LogP contribution >= 0.6 is 0 Å². The topological polar surface area (TPSA) is 51.2 Å². The third kappa shape index (κ3) is 3.64. The molecule has 3 rings (SSSR count). The third-order valence-electron chi connectivity index (χ3n) is 4.13. The van der Waals surface area contributed by atoms with E-state index in [9.17, 15) is 13.6 Å². The molecule has 0 fully saturated rings. The van der Waals surface area contributed by atoms with Crippen LogP contribution in [0.5, 0.6) is 5.75 Å². The van der Waals surface area contributed by atoms with Crippen LogP contribution < -0.4 is 10.1 Å². The second-order valence-corrected chi connectivity index (χ2v) is 5.91. The van der Waals surface area contributed by atoms with Crippen LogP contribution in [0.15, 0.2) is 60.6 Å². The molecule has 0 saturated carbocycles. The van der Waals surface area contributed by atoms with Crippen LogP contribution in [-0.4, -0.2) is 30.1 Å². The molecule has 0 saturated heterocycles. The number of nitrogens with one attached hydrogen (secondary N) is 1. The van der Waals surface area contributed by atoms with E-state index in [0.29, 0.717) is 16.9 Å². The zero-order valence-corrected chi connectivity index (χ0v) is 14.4. The molecular weight excluding hydrogens is 338 g/mol. The number of nitrogens with zero attached hydrogens (tertiary/aromatic N) is 1. The van der Waals surface area contributed by atoms with Crippen molar-refractivity contribution in [3.05, 3.63) is 71.7 Å². The fourth-order valence-corrected chi connectivity index (χ4v) is 2.79. The average Bonchev–Trinajstić information content (AvgIpc) is 2.64. The van der Waals surface area contributed by atoms with Gasteiger partial charge in [0.05, 0.1) is 12.7 Å². The molecule has 1 aromatic carbocycles. The molecule has 4 nitrogen and oxygen atoms in total. The number of Topliss-reactive ketones (excluding diaryl/α,β-unsaturated/α-hetero) is 1. The molecule has 0 bridgehead atoms. The van der Waals surface area contributed by atoms with Gasteiger partial charge in [-0.05, 0) is 54.5 Å². The maximum atomic E-state index is 14.7. The maximum Gasteiger partial charge on any atom is 0.163 e. The minimum absolute atomic E-state index is 0.162. The highest BCUT2D eigenvalue weighted by atomic mass is 19.1. The second-order valence-electron chi connectivity index (χ2n) is 5.91. The number of methoxy groups -OCH3 is 1. The molecule has 2 unspecified atom stereocenters. The standard InChI is InChI=1S/C20H18F2N2O2/c1-12(25)16-7-4-8-23-20(16)24-19-17(21)10-14(11-18(19)22)13-5-3-6-15(9-13)26-2/h3-11,17,19H,1-2H3,(H,23,24). The number of halogens is 2. The quantitative estimate of drug-likeness (QED) is 0.809. The molecular formula is C20H18F2N2O2. The number of carbonyl (C=O) groups is 1. The summed E-state index contributed by atoms with van der Waals surface area (Å²) in [6.45, 7) is 1.38. The van der Waals surface area contributed by atoms with Crippen molar-refractivity contribution in [3.63, 3.8) is 0 Å². The first-order chi connectivity index (χ1) is 12.5. The summed E-state index contributed by atoms with van der Waals surface area (Å²) in [5.74, 6) is -0.135. The number of allylic oxidation sites excluding steroid dienone is 2. The van der Waals surface area contributed by atoms with Crippen molar-refractivity contribution in [2.75, 3.05) is 12.4 Å². The Bertz CT molecular complexity index is 893. The monoisotopic (exact) mass is 356 g/mol. The first-order valence-corrected chi connectivity index (χ1v) is 8.09. The van der Waals surface area contributed by atoms with Gasteiger partial charge in [0.25, 0.3) is 0 Å². The lowest BCUT2D eigenvalue weighted by Crippen LogP contribution is -2.33. The molecule has 0 radical (unpaired) electrons. The van der Waals surface area contributed by atoms with Crippen molar-refractivity contribution in [1.82, 2.24) is 4.98 Å². The van der Waals surface area contributed by atoms with Gasteiger partial charge in [-0.3, -0.25) is 4.79 Å². The summed E-state index contributed by atoms with van der Waals surface area (Å²) < 4.78 is 34.4. The zero-order chi connectivity index (χ0) is 18.7. The highest BCUT2D eigenvalue weighted by Gasteiger charge is 2.29. The number of carbonyl (C=O) groups excluding carboxylic acids is 1. The summed E-state index contributed by atoms with van der Waals surface area (Å²) in [6.07, 6.45) is 2.46. The van der Waals surface area contributed by atoms with Crippen molar-refractivity contribution in [2.45, 2.75) is 19.1 Å². The van der Waals surface area contributed by atoms with Crippen LogP contribution in [-0.2, 0) is 0 Å². The van der Waals surface area contributed by atoms with E-state index in [1.807, 2.05) is 0 Å². The van der Waals surface area contributed by atoms with E-state index in [4.69, 9.17) is 4.74 Å². The molecule has 0 aliphatic heterocycles. The van der Waals surface area contributed by atoms with E-state index in [0.717, 1.165) is 0 Å². The molecule has 1 heterocycles. The van der Waals surface area contributed by atoms with Gasteiger partial charge in [-0.2, -0.15) is 0 Å². The summed E-state index contributed by atoms with van der Waals surface area (Å²) in [7, 11) is 1.53. The van der Waals surface area contributed by atoms with Gasteiger partial charge < -0.3 is 10.1 Å². The first-order valence-electron chi connectivity index (χ1n) is 8.09. The lowest BCUT2D eigenvalue weighted by atomic mass is 9.94. The molecule has 2 aromatic rings. The van der Waals surface area contributed by atoms with Gasteiger partial charge in [-0.1, -0.05) is 12.1 Å². The maximum absolute atomic E-state index is 14.7. The van der Waals surface area contributed by atoms with Gasteiger partial charge >= 0.3 is 0 Å². The molecule has 26 heavy (non-hydrogen) atoms. The first kappa shape index (κ1) is 17.8. The van der Waals surface area contributed by atoms with Gasteiger partial charge in [-0.15, -0.1) is 0 Å². The molecule has 134 valence electrons. The molecule has 0 amide bonds. The zero-order valence-electron chi connectivity index (χ0n) is 14.4. The second kappa shape index (κ2) is 7.47. The number of hydrogen-bond acceptors (Lipinski definition) is 4. The number of rotatable bonds is 5. The Labute approximate surface area is 150 Å². The van der Waals surface area contributed by atoms with Crippen molar-refractivity contribution in [3.8, 4) is 5.75 Å². The van der Waals surface area contributed by atoms with Crippen LogP contribution in [0.25, 0.3) is 5.57 Å². The third-order valence-corrected chi connectivity index (χ3v) is 4.13. The Morgan fingerprint density at radius 3 is 2.77 bits per heavy atom. The van der Waals surface area contributed by atoms with E-state index < -0.39 is 18.0 Å². The van der Waals surface area contributed by atoms with Crippen molar-refractivity contribution < 1.29 is 18.3 Å². The van der Waals surface area contributed by atoms with Crippen LogP contribution in [0.3, 0.4) is 0 Å². The molecule has 1 aliphatic rings. The molecule has 2 atom stereocenters. The molecule has 1 aromatic heterocycles. The summed E-state index contributed by atoms with van der Waals surface area (Å²) in [6, 6.07) is 8.90. The van der Waals surface area contributed by atoms with E-state index in [1.165, 1.54) is 32.4 Å². The smallest absolute Gasteiger partial charge is 0.163 e. The Balaban J connectivity index is 1.87. The van der Waals surface area contributed by atoms with Gasteiger partial charge in [0.1, 0.15) is 29.6 Å². The van der Waals surface area contributed by atoms with Gasteiger partial charge in [-0.25, -0.2) is 13.8 Å². The lowest BCUT2D eigenvalue weighted by Gasteiger charge is -2.25. The number of benzene rings is 1. The fourth-order valence-electron chi connectivity index (χ4n) is 2.79. The predicted octanol–water partition coefficient (Wildman–Crippen LogP) is 4.36. The molecule has 6 heteroatoms. The normalized spacial score (nSPS) is 19.4. The Hall–Kier alpha value is -3.02. The van der Waals surface area contributed by atoms with E-state index in [-0.39, 0.29) is 17.2 Å². The van der Waals surface area contributed by atoms with Crippen LogP contribution in [0.4, 0.5) is 14.6 Å². The predicted molar refractivity (Wildman–Crippen MR) is 96.7 cm³/mol. The van der Waals surface area contributed by atoms with Crippen LogP contribution in [0, 0.1) is 0 Å². The Morgan fingerprint density at radius 2 is 2.08 bits per heavy atom. The van der Waals surface area contributed by atoms with E-state index in [1.54, 1.807) is 36.4 Å². The van der Waals surface area contributed by atoms with Crippen molar-refractivity contribution in [1.29, 1.82) is 0 Å². The molecule has 0 spiro atoms. The summed E-state index contributed by atoms with van der Waals surface area (Å²) >= 11 is 0. The van der Waals surface area contributed by atoms with Gasteiger partial charge in [0, 0.05) is 6.20 Å². The summed E-state index contributed by atoms with van der Waals surface area (Å²) in [4.78, 5) is 15.7. The molecule has 1 aliphatic carbocycles. The van der Waals surface area contributed by atoms with E-state index >= 15 is 0 Å². The Kier molecular flexibility index (Phi) is 5.11. The number of pyridine rings is 1. The number of ketones is 1. The lowest BCUT2D eigenvalue weighted by molar-refractivity contribution is 0.101. The van der Waals surface area contributed by atoms with Crippen LogP contribution in [0.1, 0.15) is 22.8 Å². The number of hydrogen-bond donors (Lipinski definition) is 1. The minimum atomic E-state index is -1.62. The fraction of sp³-hybridized carbons (Fsp3) is 0.200. The summed E-state index contributed by atoms with van der Waals surface area (Å²) in [5.41, 5.74) is 1.37. The number of anilines is 1. The van der Waals surface area contributed by atoms with E-state index in [2.05, 4.69) is 10.3 Å². The molecule has 1 N–H and O–H groups in total. The number of ether oxygens (including phenoxy) is 1. The largest absolute Gasteiger partial charge is 0.497 e. The SMILES string of the molecule is COc1cccc(C2=CC(F)C(Nc3ncccc3C(C)=O)C(F)=C2)c1. The summed E-state index contributed by atoms with van der Waals surface area (Å²) in [5, 5.41) is 2.71. The highest BCUT2D eigenvalue weighted by Crippen LogP contribution is 2.31. The highest BCUT2D eigenvalue weighted by molar-refractivity contribution is 5.98. The average molecular weight is 356 g/mol.